The fourth-order valence-corrected chi connectivity index (χ4v) is 4.25. The van der Waals surface area contributed by atoms with Gasteiger partial charge in [-0.25, -0.2) is 13.1 Å². The highest BCUT2D eigenvalue weighted by Crippen LogP contribution is 2.37. The zero-order chi connectivity index (χ0) is 19.0. The van der Waals surface area contributed by atoms with Gasteiger partial charge in [-0.3, -0.25) is 4.98 Å². The number of methoxy groups -OCH3 is 2. The maximum atomic E-state index is 11.7. The van der Waals surface area contributed by atoms with Crippen LogP contribution in [0.4, 0.5) is 0 Å². The Morgan fingerprint density at radius 2 is 1.74 bits per heavy atom. The fraction of sp³-hybridized carbons (Fsp3) is 0.211. The van der Waals surface area contributed by atoms with Crippen LogP contribution in [0.2, 0.25) is 0 Å². The zero-order valence-electron chi connectivity index (χ0n) is 14.9. The van der Waals surface area contributed by atoms with Gasteiger partial charge in [0.05, 0.1) is 25.5 Å². The van der Waals surface area contributed by atoms with Gasteiger partial charge in [-0.1, -0.05) is 6.07 Å². The summed E-state index contributed by atoms with van der Waals surface area (Å²) in [5.41, 5.74) is 2.41. The second-order valence-electron chi connectivity index (χ2n) is 6.15. The summed E-state index contributed by atoms with van der Waals surface area (Å²) in [7, 11) is -0.0866. The summed E-state index contributed by atoms with van der Waals surface area (Å²) in [6.07, 6.45) is 1.66. The molecule has 0 atom stereocenters. The summed E-state index contributed by atoms with van der Waals surface area (Å²) < 4.78 is 42.7. The molecule has 7 nitrogen and oxygen atoms in total. The van der Waals surface area contributed by atoms with E-state index in [1.807, 2.05) is 12.1 Å². The molecular weight excluding hydrogens is 368 g/mol. The maximum absolute atomic E-state index is 11.7. The van der Waals surface area contributed by atoms with Gasteiger partial charge >= 0.3 is 0 Å². The summed E-state index contributed by atoms with van der Waals surface area (Å²) in [4.78, 5) is 4.36. The number of benzene rings is 2. The number of pyridine rings is 1. The van der Waals surface area contributed by atoms with Crippen LogP contribution in [-0.2, 0) is 22.3 Å². The average Bonchev–Trinajstić information content (AvgIpc) is 2.66. The zero-order valence-corrected chi connectivity index (χ0v) is 15.7. The Kier molecular flexibility index (Phi) is 4.37. The van der Waals surface area contributed by atoms with Crippen LogP contribution >= 0.6 is 0 Å². The molecule has 1 aromatic heterocycles. The highest BCUT2D eigenvalue weighted by atomic mass is 32.2. The molecule has 4 rings (SSSR count). The van der Waals surface area contributed by atoms with Crippen molar-refractivity contribution in [1.82, 2.24) is 9.71 Å². The number of hydrogen-bond donors (Lipinski definition) is 1. The first-order valence-electron chi connectivity index (χ1n) is 8.27. The molecule has 2 aromatic carbocycles. The first kappa shape index (κ1) is 17.6. The molecular formula is C19H18N2O5S. The number of aromatic nitrogens is 1. The smallest absolute Gasteiger partial charge is 0.216 e. The molecule has 2 heterocycles. The number of rotatable bonds is 4. The van der Waals surface area contributed by atoms with Crippen molar-refractivity contribution in [2.24, 2.45) is 0 Å². The standard InChI is InChI=1S/C19H18N2O5S/c1-24-18-8-15-16(9-19(18)25-2)20-6-5-17(15)26-14-4-3-12-11-27(22,23)21-10-13(12)7-14/h3-9,21H,10-11H2,1-2H3. The van der Waals surface area contributed by atoms with E-state index >= 15 is 0 Å². The van der Waals surface area contributed by atoms with Gasteiger partial charge in [0.15, 0.2) is 11.5 Å². The Hall–Kier alpha value is -2.84. The van der Waals surface area contributed by atoms with Gasteiger partial charge in [0.25, 0.3) is 0 Å². The Balaban J connectivity index is 1.72. The van der Waals surface area contributed by atoms with Crippen LogP contribution in [0.1, 0.15) is 11.1 Å². The van der Waals surface area contributed by atoms with E-state index in [2.05, 4.69) is 9.71 Å². The number of hydrogen-bond acceptors (Lipinski definition) is 6. The molecule has 1 aliphatic rings. The van der Waals surface area contributed by atoms with Crippen LogP contribution in [0.15, 0.2) is 42.6 Å². The van der Waals surface area contributed by atoms with Crippen LogP contribution in [0.25, 0.3) is 10.9 Å². The molecule has 0 fully saturated rings. The minimum absolute atomic E-state index is 0.0161. The lowest BCUT2D eigenvalue weighted by atomic mass is 10.1. The van der Waals surface area contributed by atoms with Crippen molar-refractivity contribution in [2.45, 2.75) is 12.3 Å². The molecule has 1 aliphatic heterocycles. The monoisotopic (exact) mass is 386 g/mol. The van der Waals surface area contributed by atoms with Crippen LogP contribution in [0, 0.1) is 0 Å². The quantitative estimate of drug-likeness (QED) is 0.742. The lowest BCUT2D eigenvalue weighted by Crippen LogP contribution is -2.30. The van der Waals surface area contributed by atoms with Gasteiger partial charge < -0.3 is 14.2 Å². The third kappa shape index (κ3) is 3.41. The summed E-state index contributed by atoms with van der Waals surface area (Å²) in [6.45, 7) is 0.261. The van der Waals surface area contributed by atoms with Crippen molar-refractivity contribution in [3.8, 4) is 23.0 Å². The second-order valence-corrected chi connectivity index (χ2v) is 7.95. The highest BCUT2D eigenvalue weighted by Gasteiger charge is 2.21. The Morgan fingerprint density at radius 1 is 0.963 bits per heavy atom. The van der Waals surface area contributed by atoms with Gasteiger partial charge in [-0.15, -0.1) is 0 Å². The molecule has 0 unspecified atom stereocenters. The van der Waals surface area contributed by atoms with Gasteiger partial charge in [0.1, 0.15) is 11.5 Å². The van der Waals surface area contributed by atoms with Gasteiger partial charge in [-0.05, 0) is 35.4 Å². The van der Waals surface area contributed by atoms with Crippen molar-refractivity contribution in [1.29, 1.82) is 0 Å². The van der Waals surface area contributed by atoms with Crippen molar-refractivity contribution in [2.75, 3.05) is 14.2 Å². The predicted molar refractivity (Wildman–Crippen MR) is 101 cm³/mol. The average molecular weight is 386 g/mol. The van der Waals surface area contributed by atoms with Gasteiger partial charge in [-0.2, -0.15) is 0 Å². The van der Waals surface area contributed by atoms with Crippen molar-refractivity contribution in [3.63, 3.8) is 0 Å². The number of sulfonamides is 1. The molecule has 0 aliphatic carbocycles. The van der Waals surface area contributed by atoms with E-state index in [9.17, 15) is 8.42 Å². The second kappa shape index (κ2) is 6.71. The first-order valence-corrected chi connectivity index (χ1v) is 9.92. The van der Waals surface area contributed by atoms with Crippen LogP contribution in [-0.4, -0.2) is 27.6 Å². The molecule has 8 heteroatoms. The lowest BCUT2D eigenvalue weighted by molar-refractivity contribution is 0.355. The number of nitrogens with zero attached hydrogens (tertiary/aromatic N) is 1. The van der Waals surface area contributed by atoms with Crippen molar-refractivity contribution in [3.05, 3.63) is 53.7 Å². The molecule has 27 heavy (non-hydrogen) atoms. The minimum atomic E-state index is -3.24. The third-order valence-corrected chi connectivity index (χ3v) is 5.72. The van der Waals surface area contributed by atoms with Crippen molar-refractivity contribution < 1.29 is 22.6 Å². The molecule has 3 aromatic rings. The third-order valence-electron chi connectivity index (χ3n) is 4.44. The van der Waals surface area contributed by atoms with E-state index in [0.717, 1.165) is 22.0 Å². The predicted octanol–water partition coefficient (Wildman–Crippen LogP) is 2.98. The molecule has 0 bridgehead atoms. The minimum Gasteiger partial charge on any atom is -0.493 e. The number of fused-ring (bicyclic) bond motifs is 2. The first-order chi connectivity index (χ1) is 13.0. The van der Waals surface area contributed by atoms with Gasteiger partial charge in [0.2, 0.25) is 10.0 Å². The van der Waals surface area contributed by atoms with E-state index < -0.39 is 10.0 Å². The van der Waals surface area contributed by atoms with Crippen LogP contribution in [0.3, 0.4) is 0 Å². The maximum Gasteiger partial charge on any atom is 0.216 e. The fourth-order valence-electron chi connectivity index (χ4n) is 3.08. The summed E-state index contributed by atoms with van der Waals surface area (Å²) in [5.74, 6) is 2.41. The molecule has 0 radical (unpaired) electrons. The molecule has 0 saturated carbocycles. The van der Waals surface area contributed by atoms with E-state index in [0.29, 0.717) is 23.0 Å². The molecule has 1 N–H and O–H groups in total. The van der Waals surface area contributed by atoms with Gasteiger partial charge in [0, 0.05) is 24.2 Å². The molecule has 0 spiro atoms. The normalized spacial score (nSPS) is 15.2. The van der Waals surface area contributed by atoms with E-state index in [1.165, 1.54) is 0 Å². The molecule has 0 saturated heterocycles. The van der Waals surface area contributed by atoms with E-state index in [4.69, 9.17) is 14.2 Å². The SMILES string of the molecule is COc1cc2nccc(Oc3ccc4c(c3)CNS(=O)(=O)C4)c2cc1OC. The van der Waals surface area contributed by atoms with E-state index in [1.54, 1.807) is 44.7 Å². The number of nitrogens with one attached hydrogen (secondary N) is 1. The Bertz CT molecular complexity index is 1130. The van der Waals surface area contributed by atoms with Crippen molar-refractivity contribution >= 4 is 20.9 Å². The lowest BCUT2D eigenvalue weighted by Gasteiger charge is -2.18. The molecule has 140 valence electrons. The summed E-state index contributed by atoms with van der Waals surface area (Å²) >= 11 is 0. The van der Waals surface area contributed by atoms with E-state index in [-0.39, 0.29) is 12.3 Å². The Labute approximate surface area is 156 Å². The summed E-state index contributed by atoms with van der Waals surface area (Å²) in [5, 5.41) is 0.786. The molecule has 0 amide bonds. The topological polar surface area (TPSA) is 86.8 Å². The summed E-state index contributed by atoms with van der Waals surface area (Å²) in [6, 6.07) is 10.8. The number of ether oxygens (including phenoxy) is 3. The highest BCUT2D eigenvalue weighted by molar-refractivity contribution is 7.88. The van der Waals surface area contributed by atoms with Crippen LogP contribution < -0.4 is 18.9 Å². The largest absolute Gasteiger partial charge is 0.493 e. The Morgan fingerprint density at radius 3 is 2.52 bits per heavy atom. The van der Waals surface area contributed by atoms with Crippen LogP contribution in [0.5, 0.6) is 23.0 Å².